The fourth-order valence-electron chi connectivity index (χ4n) is 1.82. The van der Waals surface area contributed by atoms with Crippen molar-refractivity contribution in [1.29, 1.82) is 0 Å². The number of nitrogens with zero attached hydrogens (tertiary/aromatic N) is 3. The average molecular weight is 276 g/mol. The molecule has 0 aromatic carbocycles. The summed E-state index contributed by atoms with van der Waals surface area (Å²) in [4.78, 5) is 22.7. The Bertz CT molecular complexity index is 648. The van der Waals surface area contributed by atoms with E-state index in [1.54, 1.807) is 36.6 Å². The van der Waals surface area contributed by atoms with Gasteiger partial charge in [0.1, 0.15) is 6.33 Å². The van der Waals surface area contributed by atoms with E-state index in [2.05, 4.69) is 15.5 Å². The van der Waals surface area contributed by atoms with E-state index in [-0.39, 0.29) is 12.3 Å². The second kappa shape index (κ2) is 5.28. The van der Waals surface area contributed by atoms with Crippen molar-refractivity contribution in [3.05, 3.63) is 30.2 Å². The monoisotopic (exact) mass is 276 g/mol. The number of aliphatic carboxylic acids is 1. The zero-order valence-electron chi connectivity index (χ0n) is 11.3. The number of pyridine rings is 1. The first-order valence-corrected chi connectivity index (χ1v) is 6.21. The van der Waals surface area contributed by atoms with Crippen LogP contribution in [0, 0.1) is 0 Å². The Morgan fingerprint density at radius 1 is 1.40 bits per heavy atom. The second-order valence-corrected chi connectivity index (χ2v) is 5.25. The van der Waals surface area contributed by atoms with E-state index >= 15 is 0 Å². The van der Waals surface area contributed by atoms with Crippen LogP contribution < -0.4 is 5.32 Å². The quantitative estimate of drug-likeness (QED) is 0.852. The van der Waals surface area contributed by atoms with Gasteiger partial charge in [-0.3, -0.25) is 14.0 Å². The first-order valence-electron chi connectivity index (χ1n) is 6.21. The van der Waals surface area contributed by atoms with Crippen molar-refractivity contribution in [2.24, 2.45) is 0 Å². The van der Waals surface area contributed by atoms with E-state index in [1.165, 1.54) is 6.33 Å². The number of carbonyl (C=O) groups excluding carboxylic acids is 1. The Morgan fingerprint density at radius 2 is 2.15 bits per heavy atom. The molecule has 0 aliphatic rings. The highest BCUT2D eigenvalue weighted by atomic mass is 16.4. The molecule has 0 fully saturated rings. The van der Waals surface area contributed by atoms with Crippen LogP contribution in [-0.2, 0) is 4.79 Å². The maximum atomic E-state index is 12.2. The zero-order chi connectivity index (χ0) is 14.8. The van der Waals surface area contributed by atoms with E-state index < -0.39 is 11.5 Å². The van der Waals surface area contributed by atoms with Crippen LogP contribution >= 0.6 is 0 Å². The van der Waals surface area contributed by atoms with Gasteiger partial charge in [-0.25, -0.2) is 0 Å². The minimum absolute atomic E-state index is 0.0117. The molecule has 2 N–H and O–H groups in total. The summed E-state index contributed by atoms with van der Waals surface area (Å²) >= 11 is 0. The Morgan fingerprint density at radius 3 is 2.85 bits per heavy atom. The van der Waals surface area contributed by atoms with Crippen molar-refractivity contribution >= 4 is 17.5 Å². The molecule has 7 heteroatoms. The minimum atomic E-state index is -0.877. The molecule has 0 atom stereocenters. The number of carbonyl (C=O) groups is 2. The van der Waals surface area contributed by atoms with E-state index in [4.69, 9.17) is 5.11 Å². The normalized spacial score (nSPS) is 11.5. The van der Waals surface area contributed by atoms with Gasteiger partial charge in [0.2, 0.25) is 0 Å². The molecule has 0 radical (unpaired) electrons. The maximum absolute atomic E-state index is 12.2. The van der Waals surface area contributed by atoms with Crippen molar-refractivity contribution in [2.45, 2.75) is 32.2 Å². The summed E-state index contributed by atoms with van der Waals surface area (Å²) in [7, 11) is 0. The number of aromatic nitrogens is 3. The zero-order valence-corrected chi connectivity index (χ0v) is 11.3. The van der Waals surface area contributed by atoms with Gasteiger partial charge in [0.15, 0.2) is 5.65 Å². The fraction of sp³-hybridized carbons (Fsp3) is 0.385. The van der Waals surface area contributed by atoms with Gasteiger partial charge in [-0.15, -0.1) is 10.2 Å². The summed E-state index contributed by atoms with van der Waals surface area (Å²) in [6.07, 6.45) is 3.53. The molecule has 106 valence electrons. The molecule has 0 aliphatic heterocycles. The van der Waals surface area contributed by atoms with E-state index in [1.807, 2.05) is 0 Å². The lowest BCUT2D eigenvalue weighted by Gasteiger charge is -2.25. The molecule has 2 heterocycles. The minimum Gasteiger partial charge on any atom is -0.481 e. The van der Waals surface area contributed by atoms with Crippen molar-refractivity contribution in [2.75, 3.05) is 0 Å². The number of rotatable bonds is 5. The summed E-state index contributed by atoms with van der Waals surface area (Å²) in [6, 6.07) is 3.36. The molecule has 20 heavy (non-hydrogen) atoms. The summed E-state index contributed by atoms with van der Waals surface area (Å²) in [5.41, 5.74) is 0.546. The van der Waals surface area contributed by atoms with Crippen molar-refractivity contribution < 1.29 is 14.7 Å². The molecular weight excluding hydrogens is 260 g/mol. The van der Waals surface area contributed by atoms with Crippen LogP contribution in [0.15, 0.2) is 24.7 Å². The van der Waals surface area contributed by atoms with Crippen LogP contribution in [-0.4, -0.2) is 37.1 Å². The molecule has 7 nitrogen and oxygen atoms in total. The highest BCUT2D eigenvalue weighted by Crippen LogP contribution is 2.13. The molecule has 0 bridgehead atoms. The Hall–Kier alpha value is -2.44. The van der Waals surface area contributed by atoms with Gasteiger partial charge >= 0.3 is 5.97 Å². The fourth-order valence-corrected chi connectivity index (χ4v) is 1.82. The van der Waals surface area contributed by atoms with Crippen molar-refractivity contribution in [3.8, 4) is 0 Å². The molecule has 0 saturated carbocycles. The first kappa shape index (κ1) is 14.0. The van der Waals surface area contributed by atoms with Crippen molar-refractivity contribution in [1.82, 2.24) is 19.9 Å². The summed E-state index contributed by atoms with van der Waals surface area (Å²) in [6.45, 7) is 3.59. The van der Waals surface area contributed by atoms with Crippen molar-refractivity contribution in [3.63, 3.8) is 0 Å². The summed E-state index contributed by atoms with van der Waals surface area (Å²) in [5.74, 6) is -1.13. The van der Waals surface area contributed by atoms with Gasteiger partial charge in [0, 0.05) is 18.2 Å². The van der Waals surface area contributed by atoms with E-state index in [0.717, 1.165) is 0 Å². The molecule has 2 aromatic rings. The predicted octanol–water partition coefficient (Wildman–Crippen LogP) is 1.10. The van der Waals surface area contributed by atoms with Crippen LogP contribution in [0.2, 0.25) is 0 Å². The predicted molar refractivity (Wildman–Crippen MR) is 71.4 cm³/mol. The maximum Gasteiger partial charge on any atom is 0.303 e. The van der Waals surface area contributed by atoms with Gasteiger partial charge in [0.25, 0.3) is 5.91 Å². The second-order valence-electron chi connectivity index (χ2n) is 5.25. The topological polar surface area (TPSA) is 96.6 Å². The molecule has 0 unspecified atom stereocenters. The lowest BCUT2D eigenvalue weighted by Crippen LogP contribution is -2.43. The molecule has 2 rings (SSSR count). The third-order valence-electron chi connectivity index (χ3n) is 2.97. The third kappa shape index (κ3) is 3.31. The van der Waals surface area contributed by atoms with Gasteiger partial charge in [-0.2, -0.15) is 0 Å². The number of hydrogen-bond donors (Lipinski definition) is 2. The largest absolute Gasteiger partial charge is 0.481 e. The van der Waals surface area contributed by atoms with Crippen LogP contribution in [0.5, 0.6) is 0 Å². The lowest BCUT2D eigenvalue weighted by molar-refractivity contribution is -0.137. The summed E-state index contributed by atoms with van der Waals surface area (Å²) in [5, 5.41) is 19.1. The van der Waals surface area contributed by atoms with Gasteiger partial charge in [-0.05, 0) is 32.4 Å². The Balaban J connectivity index is 2.08. The Labute approximate surface area is 115 Å². The van der Waals surface area contributed by atoms with Gasteiger partial charge < -0.3 is 10.4 Å². The molecule has 0 aliphatic carbocycles. The smallest absolute Gasteiger partial charge is 0.303 e. The highest BCUT2D eigenvalue weighted by molar-refractivity contribution is 5.94. The standard InChI is InChI=1S/C13H16N4O3/c1-13(2,6-5-11(18)19)15-12(20)9-3-4-10-16-14-8-17(10)7-9/h3-4,7-8H,5-6H2,1-2H3,(H,15,20)(H,18,19). The SMILES string of the molecule is CC(C)(CCC(=O)O)NC(=O)c1ccc2nncn2c1. The number of hydrogen-bond acceptors (Lipinski definition) is 4. The number of amides is 1. The lowest BCUT2D eigenvalue weighted by atomic mass is 9.98. The van der Waals surface area contributed by atoms with Gasteiger partial charge in [0.05, 0.1) is 5.56 Å². The Kier molecular flexibility index (Phi) is 3.69. The molecule has 0 spiro atoms. The van der Waals surface area contributed by atoms with Gasteiger partial charge in [-0.1, -0.05) is 0 Å². The van der Waals surface area contributed by atoms with E-state index in [0.29, 0.717) is 17.6 Å². The molecule has 2 aromatic heterocycles. The number of nitrogens with one attached hydrogen (secondary N) is 1. The number of carboxylic acid groups (broad SMARTS) is 1. The summed E-state index contributed by atoms with van der Waals surface area (Å²) < 4.78 is 1.65. The van der Waals surface area contributed by atoms with Crippen LogP contribution in [0.25, 0.3) is 5.65 Å². The van der Waals surface area contributed by atoms with Crippen LogP contribution in [0.4, 0.5) is 0 Å². The van der Waals surface area contributed by atoms with Crippen LogP contribution in [0.3, 0.4) is 0 Å². The molecule has 1 amide bonds. The molecular formula is C13H16N4O3. The highest BCUT2D eigenvalue weighted by Gasteiger charge is 2.22. The van der Waals surface area contributed by atoms with Crippen LogP contribution in [0.1, 0.15) is 37.0 Å². The van der Waals surface area contributed by atoms with E-state index in [9.17, 15) is 9.59 Å². The number of carboxylic acids is 1. The average Bonchev–Trinajstić information content (AvgIpc) is 2.83. The first-order chi connectivity index (χ1) is 9.37. The third-order valence-corrected chi connectivity index (χ3v) is 2.97. The molecule has 0 saturated heterocycles. The number of fused-ring (bicyclic) bond motifs is 1.